The molecule has 1 aromatic rings. The lowest BCUT2D eigenvalue weighted by Crippen LogP contribution is -2.45. The summed E-state index contributed by atoms with van der Waals surface area (Å²) >= 11 is 0. The normalized spacial score (nSPS) is 16.6. The van der Waals surface area contributed by atoms with Crippen molar-refractivity contribution >= 4 is 5.95 Å². The molecular weight excluding hydrogens is 216 g/mol. The summed E-state index contributed by atoms with van der Waals surface area (Å²) in [6.45, 7) is 9.61. The molecular formula is C12H20N4O. The van der Waals surface area contributed by atoms with Crippen molar-refractivity contribution in [2.45, 2.75) is 26.7 Å². The smallest absolute Gasteiger partial charge is 0.255 e. The topological polar surface area (TPSA) is 61.0 Å². The summed E-state index contributed by atoms with van der Waals surface area (Å²) < 4.78 is 0. The van der Waals surface area contributed by atoms with Gasteiger partial charge in [-0.05, 0) is 12.8 Å². The summed E-state index contributed by atoms with van der Waals surface area (Å²) in [6.07, 6.45) is 0. The van der Waals surface area contributed by atoms with Crippen molar-refractivity contribution in [2.75, 3.05) is 31.1 Å². The molecule has 1 saturated heterocycles. The van der Waals surface area contributed by atoms with E-state index in [1.54, 1.807) is 0 Å². The molecule has 17 heavy (non-hydrogen) atoms. The van der Waals surface area contributed by atoms with Gasteiger partial charge in [0.05, 0.1) is 5.69 Å². The number of nitrogens with zero attached hydrogens (tertiary/aromatic N) is 2. The van der Waals surface area contributed by atoms with Crippen LogP contribution in [-0.4, -0.2) is 36.1 Å². The van der Waals surface area contributed by atoms with Gasteiger partial charge in [0.2, 0.25) is 5.95 Å². The van der Waals surface area contributed by atoms with Crippen LogP contribution < -0.4 is 15.8 Å². The zero-order chi connectivity index (χ0) is 12.4. The van der Waals surface area contributed by atoms with E-state index in [9.17, 15) is 4.79 Å². The highest BCUT2D eigenvalue weighted by molar-refractivity contribution is 5.34. The Kier molecular flexibility index (Phi) is 3.47. The van der Waals surface area contributed by atoms with Crippen molar-refractivity contribution in [3.63, 3.8) is 0 Å². The Morgan fingerprint density at radius 2 is 1.94 bits per heavy atom. The van der Waals surface area contributed by atoms with E-state index in [4.69, 9.17) is 0 Å². The van der Waals surface area contributed by atoms with E-state index in [0.29, 0.717) is 5.95 Å². The molecule has 0 radical (unpaired) electrons. The van der Waals surface area contributed by atoms with Gasteiger partial charge in [0.15, 0.2) is 0 Å². The number of anilines is 1. The maximum absolute atomic E-state index is 12.0. The Morgan fingerprint density at radius 1 is 1.29 bits per heavy atom. The number of aromatic amines is 1. The fourth-order valence-corrected chi connectivity index (χ4v) is 2.29. The second-order valence-corrected chi connectivity index (χ2v) is 4.78. The molecule has 94 valence electrons. The Balaban J connectivity index is 2.34. The molecule has 0 unspecified atom stereocenters. The van der Waals surface area contributed by atoms with Gasteiger partial charge in [-0.3, -0.25) is 9.78 Å². The molecule has 1 aromatic heterocycles. The highest BCUT2D eigenvalue weighted by atomic mass is 16.1. The minimum absolute atomic E-state index is 0.000956. The van der Waals surface area contributed by atoms with Crippen molar-refractivity contribution in [1.82, 2.24) is 15.3 Å². The van der Waals surface area contributed by atoms with E-state index >= 15 is 0 Å². The molecule has 2 rings (SSSR count). The largest absolute Gasteiger partial charge is 0.340 e. The minimum Gasteiger partial charge on any atom is -0.340 e. The summed E-state index contributed by atoms with van der Waals surface area (Å²) in [5.41, 5.74) is 1.64. The quantitative estimate of drug-likeness (QED) is 0.790. The van der Waals surface area contributed by atoms with E-state index in [0.717, 1.165) is 37.4 Å². The molecule has 0 atom stereocenters. The monoisotopic (exact) mass is 236 g/mol. The van der Waals surface area contributed by atoms with E-state index in [1.165, 1.54) is 0 Å². The number of piperazine rings is 1. The van der Waals surface area contributed by atoms with Crippen LogP contribution in [-0.2, 0) is 0 Å². The highest BCUT2D eigenvalue weighted by Crippen LogP contribution is 2.15. The second kappa shape index (κ2) is 4.87. The zero-order valence-corrected chi connectivity index (χ0v) is 10.7. The first kappa shape index (κ1) is 12.1. The first-order valence-corrected chi connectivity index (χ1v) is 6.16. The number of H-pyrrole nitrogens is 1. The molecule has 0 spiro atoms. The third-order valence-corrected chi connectivity index (χ3v) is 3.13. The van der Waals surface area contributed by atoms with Crippen LogP contribution in [0.3, 0.4) is 0 Å². The van der Waals surface area contributed by atoms with Crippen molar-refractivity contribution < 1.29 is 0 Å². The molecule has 1 fully saturated rings. The van der Waals surface area contributed by atoms with Crippen molar-refractivity contribution in [3.8, 4) is 0 Å². The first-order chi connectivity index (χ1) is 8.09. The van der Waals surface area contributed by atoms with E-state index in [-0.39, 0.29) is 11.5 Å². The van der Waals surface area contributed by atoms with Crippen molar-refractivity contribution in [3.05, 3.63) is 21.6 Å². The number of rotatable bonds is 2. The van der Waals surface area contributed by atoms with Crippen LogP contribution in [0.25, 0.3) is 0 Å². The molecule has 0 amide bonds. The fraction of sp³-hybridized carbons (Fsp3) is 0.667. The molecule has 0 aromatic carbocycles. The lowest BCUT2D eigenvalue weighted by atomic mass is 10.0. The van der Waals surface area contributed by atoms with Crippen LogP contribution >= 0.6 is 0 Å². The Hall–Kier alpha value is -1.36. The van der Waals surface area contributed by atoms with Gasteiger partial charge in [-0.15, -0.1) is 0 Å². The molecule has 5 heteroatoms. The Morgan fingerprint density at radius 3 is 2.47 bits per heavy atom. The number of aryl methyl sites for hydroxylation is 1. The highest BCUT2D eigenvalue weighted by Gasteiger charge is 2.16. The molecule has 2 N–H and O–H groups in total. The Labute approximate surface area is 101 Å². The van der Waals surface area contributed by atoms with E-state index in [2.05, 4.69) is 20.2 Å². The SMILES string of the molecule is Cc1nc(N2CCNCC2)[nH]c(=O)c1C(C)C. The maximum atomic E-state index is 12.0. The molecule has 0 saturated carbocycles. The van der Waals surface area contributed by atoms with Gasteiger partial charge in [-0.1, -0.05) is 13.8 Å². The molecule has 5 nitrogen and oxygen atoms in total. The molecule has 0 bridgehead atoms. The van der Waals surface area contributed by atoms with Gasteiger partial charge in [0.25, 0.3) is 5.56 Å². The summed E-state index contributed by atoms with van der Waals surface area (Å²) in [5.74, 6) is 0.918. The van der Waals surface area contributed by atoms with Gasteiger partial charge in [0.1, 0.15) is 0 Å². The molecule has 1 aliphatic heterocycles. The number of nitrogens with one attached hydrogen (secondary N) is 2. The average molecular weight is 236 g/mol. The fourth-order valence-electron chi connectivity index (χ4n) is 2.29. The van der Waals surface area contributed by atoms with Crippen LogP contribution in [0.1, 0.15) is 31.0 Å². The molecule has 0 aliphatic carbocycles. The van der Waals surface area contributed by atoms with E-state index in [1.807, 2.05) is 20.8 Å². The van der Waals surface area contributed by atoms with Crippen LogP contribution in [0.2, 0.25) is 0 Å². The summed E-state index contributed by atoms with van der Waals surface area (Å²) in [5, 5.41) is 3.28. The summed E-state index contributed by atoms with van der Waals surface area (Å²) in [6, 6.07) is 0. The van der Waals surface area contributed by atoms with Crippen molar-refractivity contribution in [1.29, 1.82) is 0 Å². The van der Waals surface area contributed by atoms with Crippen LogP contribution in [0, 0.1) is 6.92 Å². The minimum atomic E-state index is 0.000956. The average Bonchev–Trinajstić information content (AvgIpc) is 2.28. The van der Waals surface area contributed by atoms with Gasteiger partial charge in [-0.25, -0.2) is 4.98 Å². The van der Waals surface area contributed by atoms with Gasteiger partial charge >= 0.3 is 0 Å². The summed E-state index contributed by atoms with van der Waals surface area (Å²) in [4.78, 5) is 21.5. The number of hydrogen-bond donors (Lipinski definition) is 2. The van der Waals surface area contributed by atoms with Gasteiger partial charge in [-0.2, -0.15) is 0 Å². The third kappa shape index (κ3) is 2.49. The third-order valence-electron chi connectivity index (χ3n) is 3.13. The van der Waals surface area contributed by atoms with Crippen LogP contribution in [0.5, 0.6) is 0 Å². The van der Waals surface area contributed by atoms with Gasteiger partial charge < -0.3 is 10.2 Å². The summed E-state index contributed by atoms with van der Waals surface area (Å²) in [7, 11) is 0. The predicted octanol–water partition coefficient (Wildman–Crippen LogP) is 0.611. The van der Waals surface area contributed by atoms with Crippen molar-refractivity contribution in [2.24, 2.45) is 0 Å². The number of hydrogen-bond acceptors (Lipinski definition) is 4. The standard InChI is InChI=1S/C12H20N4O/c1-8(2)10-9(3)14-12(15-11(10)17)16-6-4-13-5-7-16/h8,13H,4-7H2,1-3H3,(H,14,15,17). The van der Waals surface area contributed by atoms with Crippen LogP contribution in [0.4, 0.5) is 5.95 Å². The van der Waals surface area contributed by atoms with Gasteiger partial charge in [0, 0.05) is 31.7 Å². The second-order valence-electron chi connectivity index (χ2n) is 4.78. The molecule has 2 heterocycles. The molecule has 1 aliphatic rings. The maximum Gasteiger partial charge on any atom is 0.255 e. The van der Waals surface area contributed by atoms with E-state index < -0.39 is 0 Å². The lowest BCUT2D eigenvalue weighted by Gasteiger charge is -2.28. The number of aromatic nitrogens is 2. The first-order valence-electron chi connectivity index (χ1n) is 6.16. The van der Waals surface area contributed by atoms with Crippen LogP contribution in [0.15, 0.2) is 4.79 Å². The Bertz CT molecular complexity index is 446. The zero-order valence-electron chi connectivity index (χ0n) is 10.7. The predicted molar refractivity (Wildman–Crippen MR) is 68.8 cm³/mol. The lowest BCUT2D eigenvalue weighted by molar-refractivity contribution is 0.577.